The van der Waals surface area contributed by atoms with Crippen LogP contribution >= 0.6 is 0 Å². The lowest BCUT2D eigenvalue weighted by atomic mass is 9.85. The summed E-state index contributed by atoms with van der Waals surface area (Å²) in [4.78, 5) is 23.2. The van der Waals surface area contributed by atoms with Crippen LogP contribution in [0, 0.1) is 40.5 Å². The van der Waals surface area contributed by atoms with E-state index in [0.717, 1.165) is 27.8 Å². The average molecular weight is 276 g/mol. The van der Waals surface area contributed by atoms with Gasteiger partial charge in [0, 0.05) is 18.4 Å². The molecule has 0 amide bonds. The van der Waals surface area contributed by atoms with Crippen LogP contribution in [0.15, 0.2) is 0 Å². The molecule has 1 atom stereocenters. The van der Waals surface area contributed by atoms with Gasteiger partial charge < -0.3 is 5.11 Å². The van der Waals surface area contributed by atoms with E-state index < -0.39 is 5.97 Å². The van der Waals surface area contributed by atoms with Crippen molar-refractivity contribution in [3.8, 4) is 0 Å². The fourth-order valence-corrected chi connectivity index (χ4v) is 2.71. The first-order chi connectivity index (χ1) is 9.16. The van der Waals surface area contributed by atoms with E-state index in [4.69, 9.17) is 5.11 Å². The van der Waals surface area contributed by atoms with Crippen molar-refractivity contribution in [1.29, 1.82) is 0 Å². The van der Waals surface area contributed by atoms with Gasteiger partial charge in [-0.15, -0.1) is 0 Å². The lowest BCUT2D eigenvalue weighted by Gasteiger charge is -2.18. The van der Waals surface area contributed by atoms with Crippen LogP contribution in [-0.2, 0) is 4.79 Å². The molecule has 0 fully saturated rings. The van der Waals surface area contributed by atoms with Gasteiger partial charge in [-0.25, -0.2) is 0 Å². The SMILES string of the molecule is Cc1c(C)c(C)c(C(=O)C[C@@H](C)CC(=O)O)c(C)c1C. The van der Waals surface area contributed by atoms with Crippen LogP contribution in [0.4, 0.5) is 0 Å². The molecule has 0 saturated heterocycles. The summed E-state index contributed by atoms with van der Waals surface area (Å²) in [5.41, 5.74) is 6.37. The molecule has 1 rings (SSSR count). The molecule has 0 aromatic heterocycles. The van der Waals surface area contributed by atoms with E-state index in [1.165, 1.54) is 5.56 Å². The number of rotatable bonds is 5. The highest BCUT2D eigenvalue weighted by atomic mass is 16.4. The Morgan fingerprint density at radius 3 is 1.65 bits per heavy atom. The number of benzene rings is 1. The van der Waals surface area contributed by atoms with Gasteiger partial charge in [0.2, 0.25) is 0 Å². The highest BCUT2D eigenvalue weighted by Gasteiger charge is 2.20. The molecule has 0 heterocycles. The second-order valence-corrected chi connectivity index (χ2v) is 5.83. The van der Waals surface area contributed by atoms with Gasteiger partial charge in [-0.1, -0.05) is 6.92 Å². The molecule has 20 heavy (non-hydrogen) atoms. The van der Waals surface area contributed by atoms with Crippen LogP contribution in [-0.4, -0.2) is 16.9 Å². The number of ketones is 1. The standard InChI is InChI=1S/C17H24O3/c1-9(8-16(19)20)7-15(18)17-13(5)11(3)10(2)12(4)14(17)6/h9H,7-8H2,1-6H3,(H,19,20)/t9-/m1/s1. The summed E-state index contributed by atoms with van der Waals surface area (Å²) in [5.74, 6) is -0.935. The number of carboxylic acids is 1. The Labute approximate surface area is 121 Å². The number of carbonyl (C=O) groups excluding carboxylic acids is 1. The first-order valence-corrected chi connectivity index (χ1v) is 6.98. The summed E-state index contributed by atoms with van der Waals surface area (Å²) < 4.78 is 0. The molecule has 0 aliphatic heterocycles. The van der Waals surface area contributed by atoms with E-state index in [2.05, 4.69) is 6.92 Å². The van der Waals surface area contributed by atoms with Crippen molar-refractivity contribution in [1.82, 2.24) is 0 Å². The minimum Gasteiger partial charge on any atom is -0.481 e. The van der Waals surface area contributed by atoms with Gasteiger partial charge in [0.15, 0.2) is 5.78 Å². The fraction of sp³-hybridized carbons (Fsp3) is 0.529. The van der Waals surface area contributed by atoms with E-state index >= 15 is 0 Å². The summed E-state index contributed by atoms with van der Waals surface area (Å²) in [6, 6.07) is 0. The molecule has 110 valence electrons. The summed E-state index contributed by atoms with van der Waals surface area (Å²) in [6.07, 6.45) is 0.323. The van der Waals surface area contributed by atoms with Crippen molar-refractivity contribution in [2.24, 2.45) is 5.92 Å². The van der Waals surface area contributed by atoms with E-state index in [9.17, 15) is 9.59 Å². The van der Waals surface area contributed by atoms with Gasteiger partial charge in [0.25, 0.3) is 0 Å². The van der Waals surface area contributed by atoms with Crippen LogP contribution in [0.2, 0.25) is 0 Å². The number of hydrogen-bond donors (Lipinski definition) is 1. The average Bonchev–Trinajstić information content (AvgIpc) is 2.33. The monoisotopic (exact) mass is 276 g/mol. The quantitative estimate of drug-likeness (QED) is 0.829. The van der Waals surface area contributed by atoms with Gasteiger partial charge in [0.05, 0.1) is 0 Å². The van der Waals surface area contributed by atoms with Crippen molar-refractivity contribution in [2.75, 3.05) is 0 Å². The normalized spacial score (nSPS) is 12.3. The minimum atomic E-state index is -0.852. The molecule has 1 aromatic rings. The van der Waals surface area contributed by atoms with Crippen molar-refractivity contribution < 1.29 is 14.7 Å². The maximum atomic E-state index is 12.5. The Hall–Kier alpha value is -1.64. The fourth-order valence-electron chi connectivity index (χ4n) is 2.71. The van der Waals surface area contributed by atoms with Crippen molar-refractivity contribution >= 4 is 11.8 Å². The molecule has 0 bridgehead atoms. The summed E-state index contributed by atoms with van der Waals surface area (Å²) in [5, 5.41) is 8.79. The smallest absolute Gasteiger partial charge is 0.303 e. The predicted molar refractivity (Wildman–Crippen MR) is 80.5 cm³/mol. The Balaban J connectivity index is 3.14. The van der Waals surface area contributed by atoms with Crippen LogP contribution in [0.5, 0.6) is 0 Å². The maximum Gasteiger partial charge on any atom is 0.303 e. The third-order valence-electron chi connectivity index (χ3n) is 4.34. The van der Waals surface area contributed by atoms with Crippen molar-refractivity contribution in [2.45, 2.75) is 54.4 Å². The Morgan fingerprint density at radius 2 is 1.25 bits per heavy atom. The lowest BCUT2D eigenvalue weighted by molar-refractivity contribution is -0.137. The summed E-state index contributed by atoms with van der Waals surface area (Å²) in [7, 11) is 0. The van der Waals surface area contributed by atoms with Crippen LogP contribution in [0.1, 0.15) is 57.9 Å². The topological polar surface area (TPSA) is 54.4 Å². The number of Topliss-reactive ketones (excluding diaryl/α,β-unsaturated/α-hetero) is 1. The van der Waals surface area contributed by atoms with Gasteiger partial charge in [-0.2, -0.15) is 0 Å². The molecule has 3 nitrogen and oxygen atoms in total. The zero-order valence-corrected chi connectivity index (χ0v) is 13.3. The van der Waals surface area contributed by atoms with E-state index in [1.807, 2.05) is 34.6 Å². The molecule has 1 aromatic carbocycles. The highest BCUT2D eigenvalue weighted by Crippen LogP contribution is 2.28. The van der Waals surface area contributed by atoms with Gasteiger partial charge in [-0.05, 0) is 68.4 Å². The zero-order chi connectivity index (χ0) is 15.6. The second kappa shape index (κ2) is 6.21. The first-order valence-electron chi connectivity index (χ1n) is 6.98. The molecule has 0 saturated carbocycles. The number of aliphatic carboxylic acids is 1. The van der Waals surface area contributed by atoms with E-state index in [1.54, 1.807) is 0 Å². The molecular formula is C17H24O3. The Bertz CT molecular complexity index is 527. The third-order valence-corrected chi connectivity index (χ3v) is 4.34. The van der Waals surface area contributed by atoms with Gasteiger partial charge >= 0.3 is 5.97 Å². The van der Waals surface area contributed by atoms with Crippen LogP contribution < -0.4 is 0 Å². The van der Waals surface area contributed by atoms with Crippen molar-refractivity contribution in [3.05, 3.63) is 33.4 Å². The maximum absolute atomic E-state index is 12.5. The van der Waals surface area contributed by atoms with Gasteiger partial charge in [0.1, 0.15) is 0 Å². The van der Waals surface area contributed by atoms with Crippen LogP contribution in [0.3, 0.4) is 0 Å². The Kier molecular flexibility index (Phi) is 5.09. The third kappa shape index (κ3) is 3.27. The van der Waals surface area contributed by atoms with E-state index in [-0.39, 0.29) is 24.5 Å². The zero-order valence-electron chi connectivity index (χ0n) is 13.3. The molecule has 1 N–H and O–H groups in total. The molecule has 0 aliphatic carbocycles. The van der Waals surface area contributed by atoms with E-state index in [0.29, 0.717) is 0 Å². The minimum absolute atomic E-state index is 0.0354. The number of hydrogen-bond acceptors (Lipinski definition) is 2. The lowest BCUT2D eigenvalue weighted by Crippen LogP contribution is -2.14. The number of carboxylic acid groups (broad SMARTS) is 1. The number of carbonyl (C=O) groups is 2. The van der Waals surface area contributed by atoms with Crippen LogP contribution in [0.25, 0.3) is 0 Å². The summed E-state index contributed by atoms with van der Waals surface area (Å²) in [6.45, 7) is 11.9. The predicted octanol–water partition coefficient (Wildman–Crippen LogP) is 3.91. The van der Waals surface area contributed by atoms with Crippen molar-refractivity contribution in [3.63, 3.8) is 0 Å². The molecule has 0 spiro atoms. The molecule has 0 unspecified atom stereocenters. The van der Waals surface area contributed by atoms with Gasteiger partial charge in [-0.3, -0.25) is 9.59 Å². The summed E-state index contributed by atoms with van der Waals surface area (Å²) >= 11 is 0. The Morgan fingerprint density at radius 1 is 0.850 bits per heavy atom. The molecule has 0 radical (unpaired) electrons. The molecular weight excluding hydrogens is 252 g/mol. The highest BCUT2D eigenvalue weighted by molar-refractivity contribution is 6.00. The molecule has 3 heteroatoms. The molecule has 0 aliphatic rings. The second-order valence-electron chi connectivity index (χ2n) is 5.83. The first kappa shape index (κ1) is 16.4. The largest absolute Gasteiger partial charge is 0.481 e.